The van der Waals surface area contributed by atoms with E-state index in [-0.39, 0.29) is 0 Å². The predicted octanol–water partition coefficient (Wildman–Crippen LogP) is 2.26. The zero-order valence-electron chi connectivity index (χ0n) is 7.93. The van der Waals surface area contributed by atoms with Gasteiger partial charge in [-0.1, -0.05) is 15.9 Å². The molecule has 0 bridgehead atoms. The average molecular weight is 268 g/mol. The number of nitrogens with two attached hydrogens (primary N) is 1. The van der Waals surface area contributed by atoms with Gasteiger partial charge in [0.15, 0.2) is 6.73 Å². The fraction of sp³-hybridized carbons (Fsp3) is 0.100. The molecule has 0 aliphatic carbocycles. The van der Waals surface area contributed by atoms with Crippen LogP contribution in [0, 0.1) is 0 Å². The number of hydrogen-bond donors (Lipinski definition) is 1. The molecule has 4 nitrogen and oxygen atoms in total. The summed E-state index contributed by atoms with van der Waals surface area (Å²) in [7, 11) is 0. The Labute approximate surface area is 95.8 Å². The third kappa shape index (κ3) is 2.73. The molecule has 1 heterocycles. The van der Waals surface area contributed by atoms with Crippen molar-refractivity contribution < 1.29 is 4.74 Å². The number of aromatic nitrogens is 2. The lowest BCUT2D eigenvalue weighted by Crippen LogP contribution is -2.05. The van der Waals surface area contributed by atoms with Crippen LogP contribution in [0.4, 0.5) is 5.69 Å². The summed E-state index contributed by atoms with van der Waals surface area (Å²) >= 11 is 3.36. The normalized spacial score (nSPS) is 10.2. The number of ether oxygens (including phenoxy) is 1. The van der Waals surface area contributed by atoms with Crippen molar-refractivity contribution in [3.63, 3.8) is 0 Å². The summed E-state index contributed by atoms with van der Waals surface area (Å²) < 4.78 is 8.15. The van der Waals surface area contributed by atoms with Crippen LogP contribution in [0.25, 0.3) is 0 Å². The zero-order valence-corrected chi connectivity index (χ0v) is 9.52. The van der Waals surface area contributed by atoms with Gasteiger partial charge in [0.05, 0.1) is 18.1 Å². The molecule has 0 amide bonds. The van der Waals surface area contributed by atoms with Crippen LogP contribution in [-0.4, -0.2) is 9.78 Å². The number of rotatable bonds is 3. The van der Waals surface area contributed by atoms with Gasteiger partial charge in [-0.15, -0.1) is 0 Å². The van der Waals surface area contributed by atoms with Crippen molar-refractivity contribution in [1.82, 2.24) is 9.78 Å². The Balaban J connectivity index is 1.96. The average Bonchev–Trinajstić information content (AvgIpc) is 2.64. The second-order valence-electron chi connectivity index (χ2n) is 3.04. The maximum atomic E-state index is 5.52. The minimum atomic E-state index is 0.360. The van der Waals surface area contributed by atoms with E-state index in [4.69, 9.17) is 10.5 Å². The van der Waals surface area contributed by atoms with Gasteiger partial charge in [-0.2, -0.15) is 5.10 Å². The van der Waals surface area contributed by atoms with Gasteiger partial charge in [-0.3, -0.25) is 0 Å². The largest absolute Gasteiger partial charge is 0.471 e. The summed E-state index contributed by atoms with van der Waals surface area (Å²) in [6.45, 7) is 0.360. The molecule has 1 aromatic heterocycles. The fourth-order valence-corrected chi connectivity index (χ4v) is 1.39. The van der Waals surface area contributed by atoms with E-state index in [1.807, 2.05) is 24.3 Å². The minimum Gasteiger partial charge on any atom is -0.471 e. The first kappa shape index (κ1) is 10.0. The Morgan fingerprint density at radius 2 is 2.07 bits per heavy atom. The van der Waals surface area contributed by atoms with E-state index >= 15 is 0 Å². The topological polar surface area (TPSA) is 53.1 Å². The van der Waals surface area contributed by atoms with Gasteiger partial charge in [0.2, 0.25) is 0 Å². The summed E-state index contributed by atoms with van der Waals surface area (Å²) in [4.78, 5) is 0. The molecule has 2 N–H and O–H groups in total. The molecule has 0 unspecified atom stereocenters. The van der Waals surface area contributed by atoms with E-state index in [1.54, 1.807) is 17.1 Å². The molecule has 0 atom stereocenters. The first-order valence-corrected chi connectivity index (χ1v) is 5.19. The van der Waals surface area contributed by atoms with Crippen molar-refractivity contribution in [3.05, 3.63) is 41.1 Å². The van der Waals surface area contributed by atoms with E-state index in [9.17, 15) is 0 Å². The number of hydrogen-bond acceptors (Lipinski definition) is 3. The number of nitrogen functional groups attached to an aromatic ring is 1. The Hall–Kier alpha value is -1.49. The monoisotopic (exact) mass is 267 g/mol. The highest BCUT2D eigenvalue weighted by Crippen LogP contribution is 2.16. The Morgan fingerprint density at radius 3 is 2.67 bits per heavy atom. The van der Waals surface area contributed by atoms with Crippen LogP contribution >= 0.6 is 15.9 Å². The number of anilines is 1. The maximum absolute atomic E-state index is 5.52. The molecule has 2 aromatic rings. The molecule has 0 fully saturated rings. The lowest BCUT2D eigenvalue weighted by atomic mass is 10.3. The van der Waals surface area contributed by atoms with Crippen LogP contribution in [0.3, 0.4) is 0 Å². The van der Waals surface area contributed by atoms with Crippen LogP contribution in [0.1, 0.15) is 0 Å². The highest BCUT2D eigenvalue weighted by Gasteiger charge is 1.96. The van der Waals surface area contributed by atoms with E-state index in [1.165, 1.54) is 0 Å². The summed E-state index contributed by atoms with van der Waals surface area (Å²) in [5.41, 5.74) is 6.16. The van der Waals surface area contributed by atoms with Gasteiger partial charge >= 0.3 is 0 Å². The molecule has 0 aliphatic heterocycles. The quantitative estimate of drug-likeness (QED) is 0.928. The lowest BCUT2D eigenvalue weighted by molar-refractivity contribution is 0.221. The maximum Gasteiger partial charge on any atom is 0.180 e. The molecule has 0 spiro atoms. The van der Waals surface area contributed by atoms with Crippen molar-refractivity contribution in [1.29, 1.82) is 0 Å². The van der Waals surface area contributed by atoms with E-state index < -0.39 is 0 Å². The highest BCUT2D eigenvalue weighted by molar-refractivity contribution is 9.10. The molecule has 2 rings (SSSR count). The molecule has 15 heavy (non-hydrogen) atoms. The van der Waals surface area contributed by atoms with Gasteiger partial charge in [0.25, 0.3) is 0 Å². The minimum absolute atomic E-state index is 0.360. The molecule has 0 saturated carbocycles. The summed E-state index contributed by atoms with van der Waals surface area (Å²) in [6, 6.07) is 7.62. The third-order valence-electron chi connectivity index (χ3n) is 1.83. The van der Waals surface area contributed by atoms with E-state index in [0.29, 0.717) is 12.4 Å². The van der Waals surface area contributed by atoms with Gasteiger partial charge in [-0.05, 0) is 24.3 Å². The number of nitrogens with zero attached hydrogens (tertiary/aromatic N) is 2. The Bertz CT molecular complexity index is 438. The van der Waals surface area contributed by atoms with Gasteiger partial charge in [0, 0.05) is 4.47 Å². The first-order chi connectivity index (χ1) is 7.24. The molecule has 5 heteroatoms. The third-order valence-corrected chi connectivity index (χ3v) is 2.36. The highest BCUT2D eigenvalue weighted by atomic mass is 79.9. The fourth-order valence-electron chi connectivity index (χ4n) is 1.12. The predicted molar refractivity (Wildman–Crippen MR) is 61.4 cm³/mol. The Kier molecular flexibility index (Phi) is 2.91. The van der Waals surface area contributed by atoms with Crippen molar-refractivity contribution in [3.8, 4) is 5.75 Å². The van der Waals surface area contributed by atoms with Crippen LogP contribution < -0.4 is 10.5 Å². The molecule has 0 saturated heterocycles. The number of benzene rings is 1. The van der Waals surface area contributed by atoms with E-state index in [2.05, 4.69) is 21.0 Å². The standard InChI is InChI=1S/C10H10BrN3O/c11-8-1-3-10(4-2-8)15-7-14-6-9(12)5-13-14/h1-6H,7,12H2. The molecule has 1 aromatic carbocycles. The first-order valence-electron chi connectivity index (χ1n) is 4.40. The van der Waals surface area contributed by atoms with Gasteiger partial charge in [-0.25, -0.2) is 4.68 Å². The van der Waals surface area contributed by atoms with Crippen molar-refractivity contribution >= 4 is 21.6 Å². The second-order valence-corrected chi connectivity index (χ2v) is 3.96. The van der Waals surface area contributed by atoms with Gasteiger partial charge in [0.1, 0.15) is 5.75 Å². The summed E-state index contributed by atoms with van der Waals surface area (Å²) in [6.07, 6.45) is 3.31. The van der Waals surface area contributed by atoms with Crippen LogP contribution in [0.5, 0.6) is 5.75 Å². The Morgan fingerprint density at radius 1 is 1.33 bits per heavy atom. The van der Waals surface area contributed by atoms with Crippen LogP contribution in [0.15, 0.2) is 41.1 Å². The van der Waals surface area contributed by atoms with Crippen molar-refractivity contribution in [2.75, 3.05) is 5.73 Å². The van der Waals surface area contributed by atoms with Crippen LogP contribution in [-0.2, 0) is 6.73 Å². The number of halogens is 1. The smallest absolute Gasteiger partial charge is 0.180 e. The summed E-state index contributed by atoms with van der Waals surface area (Å²) in [5, 5.41) is 4.01. The van der Waals surface area contributed by atoms with E-state index in [0.717, 1.165) is 10.2 Å². The second kappa shape index (κ2) is 4.35. The van der Waals surface area contributed by atoms with Crippen molar-refractivity contribution in [2.24, 2.45) is 0 Å². The molecule has 0 aliphatic rings. The molecular formula is C10H10BrN3O. The molecule has 78 valence electrons. The van der Waals surface area contributed by atoms with Crippen molar-refractivity contribution in [2.45, 2.75) is 6.73 Å². The lowest BCUT2D eigenvalue weighted by Gasteiger charge is -2.05. The molecular weight excluding hydrogens is 258 g/mol. The molecule has 0 radical (unpaired) electrons. The SMILES string of the molecule is Nc1cnn(COc2ccc(Br)cc2)c1. The van der Waals surface area contributed by atoms with Crippen LogP contribution in [0.2, 0.25) is 0 Å². The summed E-state index contributed by atoms with van der Waals surface area (Å²) in [5.74, 6) is 0.798. The zero-order chi connectivity index (χ0) is 10.7. The van der Waals surface area contributed by atoms with Gasteiger partial charge < -0.3 is 10.5 Å².